The van der Waals surface area contributed by atoms with Gasteiger partial charge in [-0.15, -0.1) is 0 Å². The van der Waals surface area contributed by atoms with Crippen molar-refractivity contribution in [3.8, 4) is 0 Å². The van der Waals surface area contributed by atoms with E-state index >= 15 is 0 Å². The second-order valence-corrected chi connectivity index (χ2v) is 6.12. The van der Waals surface area contributed by atoms with Gasteiger partial charge in [-0.05, 0) is 50.6 Å². The number of aryl methyl sites for hydroxylation is 1. The minimum absolute atomic E-state index is 0.555. The molecule has 4 heteroatoms. The van der Waals surface area contributed by atoms with Crippen LogP contribution in [0.4, 0.5) is 11.4 Å². The maximum absolute atomic E-state index is 6.00. The van der Waals surface area contributed by atoms with Crippen molar-refractivity contribution < 1.29 is 0 Å². The molecule has 1 fully saturated rings. The lowest BCUT2D eigenvalue weighted by Crippen LogP contribution is -2.48. The van der Waals surface area contributed by atoms with Crippen molar-refractivity contribution in [3.63, 3.8) is 0 Å². The monoisotopic (exact) mass is 272 g/mol. The van der Waals surface area contributed by atoms with Gasteiger partial charge in [0.15, 0.2) is 0 Å². The summed E-state index contributed by atoms with van der Waals surface area (Å²) in [5, 5.41) is 3.42. The molecule has 20 heavy (non-hydrogen) atoms. The number of anilines is 2. The van der Waals surface area contributed by atoms with Gasteiger partial charge in [0.25, 0.3) is 0 Å². The smallest absolute Gasteiger partial charge is 0.0989 e. The first-order valence-electron chi connectivity index (χ1n) is 7.34. The first-order chi connectivity index (χ1) is 9.54. The van der Waals surface area contributed by atoms with Crippen molar-refractivity contribution in [3.05, 3.63) is 35.7 Å². The Morgan fingerprint density at radius 3 is 2.95 bits per heavy atom. The highest BCUT2D eigenvalue weighted by Gasteiger charge is 2.28. The Kier molecular flexibility index (Phi) is 3.34. The van der Waals surface area contributed by atoms with Crippen molar-refractivity contribution in [1.82, 2.24) is 9.80 Å². The van der Waals surface area contributed by atoms with Gasteiger partial charge in [-0.25, -0.2) is 0 Å². The van der Waals surface area contributed by atoms with Crippen molar-refractivity contribution in [1.29, 1.82) is 0 Å². The lowest BCUT2D eigenvalue weighted by molar-refractivity contribution is 0.134. The van der Waals surface area contributed by atoms with Crippen LogP contribution in [-0.2, 0) is 6.54 Å². The van der Waals surface area contributed by atoms with E-state index in [0.29, 0.717) is 6.04 Å². The van der Waals surface area contributed by atoms with Crippen LogP contribution in [0.3, 0.4) is 0 Å². The molecule has 0 unspecified atom stereocenters. The molecule has 4 nitrogen and oxygen atoms in total. The Balaban J connectivity index is 1.85. The Morgan fingerprint density at radius 1 is 1.40 bits per heavy atom. The van der Waals surface area contributed by atoms with E-state index in [1.165, 1.54) is 24.9 Å². The average molecular weight is 272 g/mol. The van der Waals surface area contributed by atoms with E-state index in [1.807, 2.05) is 6.07 Å². The van der Waals surface area contributed by atoms with Crippen LogP contribution >= 0.6 is 0 Å². The van der Waals surface area contributed by atoms with Crippen LogP contribution in [0.2, 0.25) is 0 Å². The second kappa shape index (κ2) is 5.02. The number of nitrogens with two attached hydrogens (primary N) is 1. The number of piperidine rings is 1. The highest BCUT2D eigenvalue weighted by atomic mass is 15.3. The number of rotatable bonds is 1. The van der Waals surface area contributed by atoms with Gasteiger partial charge in [-0.3, -0.25) is 0 Å². The summed E-state index contributed by atoms with van der Waals surface area (Å²) in [5.41, 5.74) is 10.4. The third-order valence-corrected chi connectivity index (χ3v) is 4.50. The fraction of sp³-hybridized carbons (Fsp3) is 0.500. The molecule has 1 aromatic carbocycles. The molecule has 0 bridgehead atoms. The van der Waals surface area contributed by atoms with Gasteiger partial charge in [0, 0.05) is 30.5 Å². The first kappa shape index (κ1) is 13.3. The van der Waals surface area contributed by atoms with Gasteiger partial charge >= 0.3 is 0 Å². The second-order valence-electron chi connectivity index (χ2n) is 6.12. The lowest BCUT2D eigenvalue weighted by Gasteiger charge is -2.43. The van der Waals surface area contributed by atoms with E-state index in [2.05, 4.69) is 41.7 Å². The third kappa shape index (κ3) is 2.36. The SMILES string of the molecule is C=C1Nc2cc(N)c(C)cc2CN1[C@@H]1CCCN(C)C1. The van der Waals surface area contributed by atoms with Crippen LogP contribution in [-0.4, -0.2) is 36.0 Å². The molecule has 2 heterocycles. The molecular weight excluding hydrogens is 248 g/mol. The van der Waals surface area contributed by atoms with Crippen LogP contribution in [0.1, 0.15) is 24.0 Å². The van der Waals surface area contributed by atoms with E-state index < -0.39 is 0 Å². The zero-order chi connectivity index (χ0) is 14.3. The molecule has 0 spiro atoms. The predicted molar refractivity (Wildman–Crippen MR) is 84.4 cm³/mol. The normalized spacial score (nSPS) is 23.4. The summed E-state index contributed by atoms with van der Waals surface area (Å²) in [5.74, 6) is 1.00. The highest BCUT2D eigenvalue weighted by Crippen LogP contribution is 2.32. The quantitative estimate of drug-likeness (QED) is 0.770. The zero-order valence-corrected chi connectivity index (χ0v) is 12.4. The molecule has 1 aromatic rings. The third-order valence-electron chi connectivity index (χ3n) is 4.50. The van der Waals surface area contributed by atoms with Crippen LogP contribution in [0.25, 0.3) is 0 Å². The van der Waals surface area contributed by atoms with Crippen LogP contribution in [0.15, 0.2) is 24.5 Å². The van der Waals surface area contributed by atoms with Crippen molar-refractivity contribution >= 4 is 11.4 Å². The Labute approximate surface area is 121 Å². The summed E-state index contributed by atoms with van der Waals surface area (Å²) in [4.78, 5) is 4.82. The minimum atomic E-state index is 0.555. The van der Waals surface area contributed by atoms with Crippen LogP contribution < -0.4 is 11.1 Å². The average Bonchev–Trinajstić information content (AvgIpc) is 2.40. The number of benzene rings is 1. The number of hydrogen-bond donors (Lipinski definition) is 2. The van der Waals surface area contributed by atoms with Gasteiger partial charge in [0.2, 0.25) is 0 Å². The molecule has 0 radical (unpaired) electrons. The van der Waals surface area contributed by atoms with Gasteiger partial charge in [-0.1, -0.05) is 12.6 Å². The molecule has 2 aliphatic rings. The molecule has 0 saturated carbocycles. The summed E-state index contributed by atoms with van der Waals surface area (Å²) < 4.78 is 0. The van der Waals surface area contributed by atoms with Crippen molar-refractivity contribution in [2.24, 2.45) is 0 Å². The minimum Gasteiger partial charge on any atom is -0.398 e. The van der Waals surface area contributed by atoms with E-state index in [9.17, 15) is 0 Å². The van der Waals surface area contributed by atoms with E-state index in [4.69, 9.17) is 5.73 Å². The van der Waals surface area contributed by atoms with Gasteiger partial charge in [0.05, 0.1) is 5.82 Å². The van der Waals surface area contributed by atoms with Gasteiger partial charge < -0.3 is 20.9 Å². The molecule has 1 saturated heterocycles. The number of nitrogens with zero attached hydrogens (tertiary/aromatic N) is 2. The van der Waals surface area contributed by atoms with E-state index in [0.717, 1.165) is 35.8 Å². The molecular formula is C16H24N4. The Hall–Kier alpha value is -1.68. The Bertz CT molecular complexity index is 538. The maximum Gasteiger partial charge on any atom is 0.0989 e. The number of likely N-dealkylation sites (tertiary alicyclic amines) is 1. The molecule has 0 aromatic heterocycles. The van der Waals surface area contributed by atoms with Gasteiger partial charge in [0.1, 0.15) is 0 Å². The highest BCUT2D eigenvalue weighted by molar-refractivity contribution is 5.66. The lowest BCUT2D eigenvalue weighted by atomic mass is 10.00. The summed E-state index contributed by atoms with van der Waals surface area (Å²) in [6.07, 6.45) is 2.51. The van der Waals surface area contributed by atoms with E-state index in [1.54, 1.807) is 0 Å². The number of hydrogen-bond acceptors (Lipinski definition) is 4. The van der Waals surface area contributed by atoms with Crippen molar-refractivity contribution in [2.45, 2.75) is 32.4 Å². The molecule has 2 aliphatic heterocycles. The summed E-state index contributed by atoms with van der Waals surface area (Å²) in [7, 11) is 2.20. The number of nitrogen functional groups attached to an aromatic ring is 1. The molecule has 0 aliphatic carbocycles. The molecule has 3 rings (SSSR count). The number of nitrogens with one attached hydrogen (secondary N) is 1. The fourth-order valence-electron chi connectivity index (χ4n) is 3.28. The molecule has 1 atom stereocenters. The van der Waals surface area contributed by atoms with Crippen molar-refractivity contribution in [2.75, 3.05) is 31.2 Å². The Morgan fingerprint density at radius 2 is 2.20 bits per heavy atom. The largest absolute Gasteiger partial charge is 0.398 e. The van der Waals surface area contributed by atoms with Gasteiger partial charge in [-0.2, -0.15) is 0 Å². The van der Waals surface area contributed by atoms with Crippen LogP contribution in [0.5, 0.6) is 0 Å². The fourth-order valence-corrected chi connectivity index (χ4v) is 3.28. The molecule has 3 N–H and O–H groups in total. The van der Waals surface area contributed by atoms with E-state index in [-0.39, 0.29) is 0 Å². The summed E-state index contributed by atoms with van der Waals surface area (Å²) in [6, 6.07) is 4.78. The standard InChI is InChI=1S/C16H24N4/c1-11-7-13-9-20(14-5-4-6-19(3)10-14)12(2)18-16(13)8-15(11)17/h7-8,14,18H,2,4-6,9-10,17H2,1,3H3/t14-/m1/s1. The zero-order valence-electron chi connectivity index (χ0n) is 12.4. The number of fused-ring (bicyclic) bond motifs is 1. The molecule has 108 valence electrons. The first-order valence-corrected chi connectivity index (χ1v) is 7.34. The number of likely N-dealkylation sites (N-methyl/N-ethyl adjacent to an activating group) is 1. The van der Waals surface area contributed by atoms with Crippen LogP contribution in [0, 0.1) is 6.92 Å². The summed E-state index contributed by atoms with van der Waals surface area (Å²) >= 11 is 0. The predicted octanol–water partition coefficient (Wildman–Crippen LogP) is 2.37. The summed E-state index contributed by atoms with van der Waals surface area (Å²) in [6.45, 7) is 9.52. The maximum atomic E-state index is 6.00. The molecule has 0 amide bonds. The topological polar surface area (TPSA) is 44.5 Å².